The third-order valence-electron chi connectivity index (χ3n) is 4.42. The van der Waals surface area contributed by atoms with E-state index in [0.717, 1.165) is 0 Å². The van der Waals surface area contributed by atoms with Crippen molar-refractivity contribution in [2.24, 2.45) is 11.8 Å². The molecule has 1 saturated heterocycles. The highest BCUT2D eigenvalue weighted by Gasteiger charge is 2.48. The number of anilines is 1. The Hall–Kier alpha value is -2.30. The molecule has 2 amide bonds. The van der Waals surface area contributed by atoms with E-state index in [1.54, 1.807) is 32.4 Å². The second-order valence-electron chi connectivity index (χ2n) is 5.79. The zero-order chi connectivity index (χ0) is 15.9. The van der Waals surface area contributed by atoms with Gasteiger partial charge < -0.3 is 9.47 Å². The molecule has 5 heteroatoms. The van der Waals surface area contributed by atoms with Gasteiger partial charge in [-0.1, -0.05) is 11.6 Å². The summed E-state index contributed by atoms with van der Waals surface area (Å²) in [6.45, 7) is 2.01. The molecular formula is C17H19NO4. The van der Waals surface area contributed by atoms with Crippen molar-refractivity contribution in [1.82, 2.24) is 0 Å². The number of imide groups is 1. The minimum absolute atomic E-state index is 0.127. The molecule has 5 nitrogen and oxygen atoms in total. The van der Waals surface area contributed by atoms with Crippen LogP contribution >= 0.6 is 0 Å². The van der Waals surface area contributed by atoms with Crippen LogP contribution in [-0.4, -0.2) is 26.0 Å². The maximum atomic E-state index is 12.7. The minimum atomic E-state index is -0.242. The van der Waals surface area contributed by atoms with Gasteiger partial charge in [-0.05, 0) is 19.8 Å². The van der Waals surface area contributed by atoms with Gasteiger partial charge in [0.1, 0.15) is 11.5 Å². The Kier molecular flexibility index (Phi) is 3.64. The molecule has 0 saturated carbocycles. The number of hydrogen-bond donors (Lipinski definition) is 0. The SMILES string of the molecule is COc1cc(OC)cc(N2C(=O)C3CC=C(C)CC3C2=O)c1. The molecule has 116 valence electrons. The molecule has 0 N–H and O–H groups in total. The van der Waals surface area contributed by atoms with Crippen LogP contribution in [0.1, 0.15) is 19.8 Å². The maximum Gasteiger partial charge on any atom is 0.238 e. The second kappa shape index (κ2) is 5.48. The predicted molar refractivity (Wildman–Crippen MR) is 82.0 cm³/mol. The van der Waals surface area contributed by atoms with E-state index in [-0.39, 0.29) is 23.7 Å². The summed E-state index contributed by atoms with van der Waals surface area (Å²) in [5.74, 6) is 0.369. The summed E-state index contributed by atoms with van der Waals surface area (Å²) in [5.41, 5.74) is 1.69. The van der Waals surface area contributed by atoms with E-state index in [1.807, 2.05) is 6.92 Å². The summed E-state index contributed by atoms with van der Waals surface area (Å²) in [6.07, 6.45) is 3.35. The molecule has 1 fully saturated rings. The van der Waals surface area contributed by atoms with Gasteiger partial charge in [-0.2, -0.15) is 0 Å². The summed E-state index contributed by atoms with van der Waals surface area (Å²) in [4.78, 5) is 26.6. The molecule has 1 heterocycles. The van der Waals surface area contributed by atoms with Gasteiger partial charge in [-0.15, -0.1) is 0 Å². The van der Waals surface area contributed by atoms with Crippen LogP contribution in [-0.2, 0) is 9.59 Å². The van der Waals surface area contributed by atoms with Gasteiger partial charge >= 0.3 is 0 Å². The minimum Gasteiger partial charge on any atom is -0.497 e. The van der Waals surface area contributed by atoms with E-state index in [9.17, 15) is 9.59 Å². The van der Waals surface area contributed by atoms with Crippen LogP contribution in [0.3, 0.4) is 0 Å². The smallest absolute Gasteiger partial charge is 0.238 e. The summed E-state index contributed by atoms with van der Waals surface area (Å²) in [7, 11) is 3.08. The predicted octanol–water partition coefficient (Wildman–Crippen LogP) is 2.55. The van der Waals surface area contributed by atoms with Gasteiger partial charge in [0.25, 0.3) is 0 Å². The number of ether oxygens (including phenoxy) is 2. The fourth-order valence-corrected chi connectivity index (χ4v) is 3.21. The van der Waals surface area contributed by atoms with Crippen molar-refractivity contribution in [3.63, 3.8) is 0 Å². The number of carbonyl (C=O) groups excluding carboxylic acids is 2. The average Bonchev–Trinajstić information content (AvgIpc) is 2.77. The van der Waals surface area contributed by atoms with Crippen molar-refractivity contribution in [2.75, 3.05) is 19.1 Å². The van der Waals surface area contributed by atoms with Gasteiger partial charge in [-0.25, -0.2) is 4.90 Å². The van der Waals surface area contributed by atoms with Crippen molar-refractivity contribution in [2.45, 2.75) is 19.8 Å². The number of amides is 2. The van der Waals surface area contributed by atoms with Crippen molar-refractivity contribution in [1.29, 1.82) is 0 Å². The van der Waals surface area contributed by atoms with Crippen LogP contribution in [0.4, 0.5) is 5.69 Å². The van der Waals surface area contributed by atoms with E-state index in [2.05, 4.69) is 6.08 Å². The van der Waals surface area contributed by atoms with Crippen molar-refractivity contribution in [3.05, 3.63) is 29.8 Å². The van der Waals surface area contributed by atoms with Crippen molar-refractivity contribution >= 4 is 17.5 Å². The number of fused-ring (bicyclic) bond motifs is 1. The summed E-state index contributed by atoms with van der Waals surface area (Å²) in [5, 5.41) is 0. The van der Waals surface area contributed by atoms with E-state index in [1.165, 1.54) is 10.5 Å². The molecule has 3 rings (SSSR count). The molecule has 22 heavy (non-hydrogen) atoms. The number of allylic oxidation sites excluding steroid dienone is 2. The molecule has 1 aromatic rings. The number of methoxy groups -OCH3 is 2. The quantitative estimate of drug-likeness (QED) is 0.636. The van der Waals surface area contributed by atoms with Gasteiger partial charge in [-0.3, -0.25) is 9.59 Å². The van der Waals surface area contributed by atoms with Crippen LogP contribution in [0.25, 0.3) is 0 Å². The Labute approximate surface area is 129 Å². The van der Waals surface area contributed by atoms with Crippen molar-refractivity contribution < 1.29 is 19.1 Å². The number of hydrogen-bond acceptors (Lipinski definition) is 4. The highest BCUT2D eigenvalue weighted by atomic mass is 16.5. The molecule has 2 aliphatic rings. The number of nitrogens with zero attached hydrogens (tertiary/aromatic N) is 1. The summed E-state index contributed by atoms with van der Waals surface area (Å²) < 4.78 is 10.4. The lowest BCUT2D eigenvalue weighted by molar-refractivity contribution is -0.122. The van der Waals surface area contributed by atoms with Crippen LogP contribution in [0.15, 0.2) is 29.8 Å². The number of carbonyl (C=O) groups is 2. The fraction of sp³-hybridized carbons (Fsp3) is 0.412. The normalized spacial score (nSPS) is 24.1. The Morgan fingerprint density at radius 1 is 1.00 bits per heavy atom. The van der Waals surface area contributed by atoms with Gasteiger partial charge in [0.15, 0.2) is 0 Å². The zero-order valence-electron chi connectivity index (χ0n) is 13.0. The molecule has 1 aliphatic heterocycles. The van der Waals surface area contributed by atoms with Gasteiger partial charge in [0.2, 0.25) is 11.8 Å². The fourth-order valence-electron chi connectivity index (χ4n) is 3.21. The van der Waals surface area contributed by atoms with E-state index in [4.69, 9.17) is 9.47 Å². The topological polar surface area (TPSA) is 55.8 Å². The molecule has 0 aromatic heterocycles. The van der Waals surface area contributed by atoms with Crippen LogP contribution < -0.4 is 14.4 Å². The Bertz CT molecular complexity index is 642. The van der Waals surface area contributed by atoms with Gasteiger partial charge in [0, 0.05) is 18.2 Å². The summed E-state index contributed by atoms with van der Waals surface area (Å²) >= 11 is 0. The first kappa shape index (κ1) is 14.6. The Morgan fingerprint density at radius 2 is 1.59 bits per heavy atom. The van der Waals surface area contributed by atoms with E-state index < -0.39 is 0 Å². The highest BCUT2D eigenvalue weighted by molar-refractivity contribution is 6.22. The first-order valence-electron chi connectivity index (χ1n) is 7.31. The van der Waals surface area contributed by atoms with Crippen LogP contribution in [0, 0.1) is 11.8 Å². The van der Waals surface area contributed by atoms with E-state index in [0.29, 0.717) is 30.0 Å². The number of benzene rings is 1. The molecule has 2 atom stereocenters. The van der Waals surface area contributed by atoms with Crippen molar-refractivity contribution in [3.8, 4) is 11.5 Å². The molecule has 1 aliphatic carbocycles. The third-order valence-corrected chi connectivity index (χ3v) is 4.42. The molecule has 0 spiro atoms. The Balaban J connectivity index is 1.99. The standard InChI is InChI=1S/C17H19NO4/c1-10-4-5-14-15(6-10)17(20)18(16(14)19)11-7-12(21-2)9-13(8-11)22-3/h4,7-9,14-15H,5-6H2,1-3H3. The lowest BCUT2D eigenvalue weighted by Crippen LogP contribution is -2.30. The monoisotopic (exact) mass is 301 g/mol. The lowest BCUT2D eigenvalue weighted by Gasteiger charge is -2.18. The largest absolute Gasteiger partial charge is 0.497 e. The number of rotatable bonds is 3. The average molecular weight is 301 g/mol. The summed E-state index contributed by atoms with van der Waals surface area (Å²) in [6, 6.07) is 5.10. The first-order chi connectivity index (χ1) is 10.5. The van der Waals surface area contributed by atoms with Gasteiger partial charge in [0.05, 0.1) is 31.7 Å². The molecule has 1 aromatic carbocycles. The molecule has 0 bridgehead atoms. The maximum absolute atomic E-state index is 12.7. The highest BCUT2D eigenvalue weighted by Crippen LogP contribution is 2.41. The van der Waals surface area contributed by atoms with Crippen LogP contribution in [0.2, 0.25) is 0 Å². The van der Waals surface area contributed by atoms with Crippen LogP contribution in [0.5, 0.6) is 11.5 Å². The molecule has 2 unspecified atom stereocenters. The first-order valence-corrected chi connectivity index (χ1v) is 7.31. The molecule has 0 radical (unpaired) electrons. The molecular weight excluding hydrogens is 282 g/mol. The second-order valence-corrected chi connectivity index (χ2v) is 5.79. The Morgan fingerprint density at radius 3 is 2.18 bits per heavy atom. The lowest BCUT2D eigenvalue weighted by atomic mass is 9.82. The third kappa shape index (κ3) is 2.26. The van der Waals surface area contributed by atoms with E-state index >= 15 is 0 Å². The zero-order valence-corrected chi connectivity index (χ0v) is 13.0.